The molecule has 0 amide bonds. The lowest BCUT2D eigenvalue weighted by atomic mass is 9.84. The molecule has 0 saturated heterocycles. The van der Waals surface area contributed by atoms with Crippen LogP contribution < -0.4 is 0 Å². The van der Waals surface area contributed by atoms with Crippen LogP contribution in [0.1, 0.15) is 31.9 Å². The third-order valence-corrected chi connectivity index (χ3v) is 3.57. The molecule has 0 fully saturated rings. The van der Waals surface area contributed by atoms with Crippen molar-refractivity contribution in [2.24, 2.45) is 5.41 Å². The van der Waals surface area contributed by atoms with Gasteiger partial charge in [-0.15, -0.1) is 11.6 Å². The van der Waals surface area contributed by atoms with E-state index in [1.165, 1.54) is 12.1 Å². The molecule has 2 aromatic rings. The summed E-state index contributed by atoms with van der Waals surface area (Å²) in [6.07, 6.45) is 0.767. The van der Waals surface area contributed by atoms with Crippen molar-refractivity contribution >= 4 is 11.6 Å². The maximum atomic E-state index is 14.1. The van der Waals surface area contributed by atoms with E-state index in [0.29, 0.717) is 11.4 Å². The Hall–Kier alpha value is -1.41. The van der Waals surface area contributed by atoms with Gasteiger partial charge in [-0.2, -0.15) is 0 Å². The first-order valence-electron chi connectivity index (χ1n) is 6.93. The summed E-state index contributed by atoms with van der Waals surface area (Å²) < 4.78 is 27.5. The number of halogens is 3. The topological polar surface area (TPSA) is 0 Å². The summed E-state index contributed by atoms with van der Waals surface area (Å²) >= 11 is 5.89. The van der Waals surface area contributed by atoms with Crippen molar-refractivity contribution in [3.05, 3.63) is 59.2 Å². The van der Waals surface area contributed by atoms with Gasteiger partial charge in [0.25, 0.3) is 0 Å². The van der Waals surface area contributed by atoms with Crippen LogP contribution in [0, 0.1) is 17.0 Å². The Labute approximate surface area is 129 Å². The Kier molecular flexibility index (Phi) is 4.67. The molecule has 2 aromatic carbocycles. The Balaban J connectivity index is 2.59. The van der Waals surface area contributed by atoms with Crippen LogP contribution in [-0.2, 0) is 12.3 Å². The number of rotatable bonds is 3. The number of hydrogen-bond acceptors (Lipinski definition) is 0. The summed E-state index contributed by atoms with van der Waals surface area (Å²) in [5.74, 6) is -0.442. The van der Waals surface area contributed by atoms with E-state index in [1.54, 1.807) is 0 Å². The van der Waals surface area contributed by atoms with Crippen LogP contribution >= 0.6 is 11.6 Å². The van der Waals surface area contributed by atoms with Gasteiger partial charge in [0, 0.05) is 11.4 Å². The van der Waals surface area contributed by atoms with Gasteiger partial charge in [0.1, 0.15) is 11.6 Å². The molecule has 0 aromatic heterocycles. The molecule has 0 nitrogen and oxygen atoms in total. The van der Waals surface area contributed by atoms with Gasteiger partial charge in [-0.1, -0.05) is 39.0 Å². The predicted octanol–water partition coefficient (Wildman–Crippen LogP) is 5.96. The van der Waals surface area contributed by atoms with E-state index >= 15 is 0 Å². The molecule has 21 heavy (non-hydrogen) atoms. The Morgan fingerprint density at radius 3 is 2.29 bits per heavy atom. The van der Waals surface area contributed by atoms with Crippen molar-refractivity contribution in [1.82, 2.24) is 0 Å². The minimum atomic E-state index is -0.436. The van der Waals surface area contributed by atoms with Gasteiger partial charge < -0.3 is 0 Å². The molecular formula is C18H19ClF2. The fraction of sp³-hybridized carbons (Fsp3) is 0.333. The molecule has 0 radical (unpaired) electrons. The Morgan fingerprint density at radius 2 is 1.67 bits per heavy atom. The second kappa shape index (κ2) is 6.15. The van der Waals surface area contributed by atoms with Crippen molar-refractivity contribution in [3.63, 3.8) is 0 Å². The zero-order chi connectivity index (χ0) is 15.6. The molecule has 0 aliphatic carbocycles. The normalized spacial score (nSPS) is 11.7. The zero-order valence-corrected chi connectivity index (χ0v) is 13.3. The average Bonchev–Trinajstić information content (AvgIpc) is 2.40. The summed E-state index contributed by atoms with van der Waals surface area (Å²) in [6.45, 7) is 6.35. The molecule has 0 bridgehead atoms. The Bertz CT molecular complexity index is 642. The van der Waals surface area contributed by atoms with Gasteiger partial charge in [-0.25, -0.2) is 8.78 Å². The fourth-order valence-electron chi connectivity index (χ4n) is 2.41. The molecular weight excluding hydrogens is 290 g/mol. The molecule has 0 atom stereocenters. The van der Waals surface area contributed by atoms with Crippen LogP contribution in [0.5, 0.6) is 0 Å². The van der Waals surface area contributed by atoms with Crippen LogP contribution in [-0.4, -0.2) is 0 Å². The molecule has 2 rings (SSSR count). The highest BCUT2D eigenvalue weighted by Gasteiger charge is 2.17. The van der Waals surface area contributed by atoms with Gasteiger partial charge in [0.15, 0.2) is 0 Å². The molecule has 112 valence electrons. The van der Waals surface area contributed by atoms with Gasteiger partial charge in [-0.3, -0.25) is 0 Å². The van der Waals surface area contributed by atoms with E-state index in [1.807, 2.05) is 18.2 Å². The molecule has 0 heterocycles. The molecule has 0 N–H and O–H groups in total. The van der Waals surface area contributed by atoms with Gasteiger partial charge >= 0.3 is 0 Å². The lowest BCUT2D eigenvalue weighted by Crippen LogP contribution is -2.10. The largest absolute Gasteiger partial charge is 0.207 e. The van der Waals surface area contributed by atoms with E-state index in [0.717, 1.165) is 29.2 Å². The van der Waals surface area contributed by atoms with Crippen LogP contribution in [0.25, 0.3) is 11.1 Å². The second-order valence-corrected chi connectivity index (χ2v) is 6.75. The minimum absolute atomic E-state index is 0.0451. The summed E-state index contributed by atoms with van der Waals surface area (Å²) in [5.41, 5.74) is 3.05. The van der Waals surface area contributed by atoms with Crippen LogP contribution in [0.3, 0.4) is 0 Å². The summed E-state index contributed by atoms with van der Waals surface area (Å²) in [6, 6.07) is 9.22. The lowest BCUT2D eigenvalue weighted by molar-refractivity contribution is 0.411. The van der Waals surface area contributed by atoms with E-state index < -0.39 is 11.6 Å². The standard InChI is InChI=1S/C18H19ClF2/c1-18(2,3)10-13-8-12(11-19)4-6-15(13)16-9-14(20)5-7-17(16)21/h4-9H,10-11H2,1-3H3. The van der Waals surface area contributed by atoms with Crippen molar-refractivity contribution in [1.29, 1.82) is 0 Å². The number of hydrogen-bond donors (Lipinski definition) is 0. The third-order valence-electron chi connectivity index (χ3n) is 3.26. The van der Waals surface area contributed by atoms with Crippen LogP contribution in [0.2, 0.25) is 0 Å². The van der Waals surface area contributed by atoms with Crippen LogP contribution in [0.4, 0.5) is 8.78 Å². The van der Waals surface area contributed by atoms with Gasteiger partial charge in [-0.05, 0) is 46.7 Å². The molecule has 0 aliphatic rings. The maximum absolute atomic E-state index is 14.1. The van der Waals surface area contributed by atoms with Gasteiger partial charge in [0.05, 0.1) is 0 Å². The van der Waals surface area contributed by atoms with E-state index in [2.05, 4.69) is 20.8 Å². The molecule has 0 unspecified atom stereocenters. The zero-order valence-electron chi connectivity index (χ0n) is 12.5. The highest BCUT2D eigenvalue weighted by Crippen LogP contribution is 2.32. The summed E-state index contributed by atoms with van der Waals surface area (Å²) in [5, 5.41) is 0. The first-order chi connectivity index (χ1) is 9.80. The predicted molar refractivity (Wildman–Crippen MR) is 84.5 cm³/mol. The summed E-state index contributed by atoms with van der Waals surface area (Å²) in [4.78, 5) is 0. The minimum Gasteiger partial charge on any atom is -0.207 e. The number of alkyl halides is 1. The van der Waals surface area contributed by atoms with E-state index in [4.69, 9.17) is 11.6 Å². The first kappa shape index (κ1) is 16.0. The van der Waals surface area contributed by atoms with Crippen molar-refractivity contribution in [3.8, 4) is 11.1 Å². The van der Waals surface area contributed by atoms with Crippen molar-refractivity contribution in [2.45, 2.75) is 33.1 Å². The smallest absolute Gasteiger partial charge is 0.131 e. The first-order valence-corrected chi connectivity index (χ1v) is 7.47. The highest BCUT2D eigenvalue weighted by atomic mass is 35.5. The van der Waals surface area contributed by atoms with E-state index in [9.17, 15) is 8.78 Å². The summed E-state index contributed by atoms with van der Waals surface area (Å²) in [7, 11) is 0. The van der Waals surface area contributed by atoms with Crippen molar-refractivity contribution in [2.75, 3.05) is 0 Å². The van der Waals surface area contributed by atoms with E-state index in [-0.39, 0.29) is 5.41 Å². The Morgan fingerprint density at radius 1 is 0.952 bits per heavy atom. The second-order valence-electron chi connectivity index (χ2n) is 6.49. The quantitative estimate of drug-likeness (QED) is 0.614. The highest BCUT2D eigenvalue weighted by molar-refractivity contribution is 6.17. The maximum Gasteiger partial charge on any atom is 0.131 e. The SMILES string of the molecule is CC(C)(C)Cc1cc(CCl)ccc1-c1cc(F)ccc1F. The van der Waals surface area contributed by atoms with Crippen LogP contribution in [0.15, 0.2) is 36.4 Å². The fourth-order valence-corrected chi connectivity index (χ4v) is 2.58. The number of benzene rings is 2. The molecule has 0 spiro atoms. The molecule has 3 heteroatoms. The van der Waals surface area contributed by atoms with Crippen molar-refractivity contribution < 1.29 is 8.78 Å². The average molecular weight is 309 g/mol. The third kappa shape index (κ3) is 4.04. The lowest BCUT2D eigenvalue weighted by Gasteiger charge is -2.21. The molecule has 0 saturated carbocycles. The molecule has 0 aliphatic heterocycles. The monoisotopic (exact) mass is 308 g/mol. The van der Waals surface area contributed by atoms with Gasteiger partial charge in [0.2, 0.25) is 0 Å².